The number of terminal acetylenes is 1. The van der Waals surface area contributed by atoms with Crippen molar-refractivity contribution >= 4 is 55.4 Å². The van der Waals surface area contributed by atoms with Gasteiger partial charge in [-0.15, -0.1) is 6.42 Å². The molecule has 2 aliphatic heterocycles. The number of sulfonamides is 2. The van der Waals surface area contributed by atoms with Crippen molar-refractivity contribution in [1.29, 1.82) is 10.5 Å². The molecule has 4 atom stereocenters. The lowest BCUT2D eigenvalue weighted by Gasteiger charge is -2.17. The highest BCUT2D eigenvalue weighted by atomic mass is 32.2. The summed E-state index contributed by atoms with van der Waals surface area (Å²) in [5.41, 5.74) is -1.09. The lowest BCUT2D eigenvalue weighted by molar-refractivity contribution is 0.101. The van der Waals surface area contributed by atoms with Gasteiger partial charge in [-0.3, -0.25) is 9.59 Å². The molecule has 2 aromatic carbocycles. The molecule has 2 aliphatic rings. The van der Waals surface area contributed by atoms with E-state index in [2.05, 4.69) is 20.1 Å². The minimum atomic E-state index is -4.42. The molecule has 0 saturated carbocycles. The summed E-state index contributed by atoms with van der Waals surface area (Å²) in [5.74, 6) is -1.25. The van der Waals surface area contributed by atoms with E-state index in [0.717, 1.165) is 30.5 Å². The maximum Gasteiger partial charge on any atom is 0.272 e. The molecule has 0 bridgehead atoms. The quantitative estimate of drug-likeness (QED) is 0.106. The predicted molar refractivity (Wildman–Crippen MR) is 204 cm³/mol. The monoisotopic (exact) mass is 828 g/mol. The van der Waals surface area contributed by atoms with Crippen molar-refractivity contribution in [2.75, 3.05) is 10.6 Å². The number of allylic oxidation sites excluding steroid dienone is 1. The molecule has 0 spiro atoms. The summed E-state index contributed by atoms with van der Waals surface area (Å²) < 4.78 is 88.8. The number of amides is 2. The van der Waals surface area contributed by atoms with Crippen LogP contribution >= 0.6 is 0 Å². The van der Waals surface area contributed by atoms with E-state index in [0.29, 0.717) is 0 Å². The number of nitrogens with zero attached hydrogens (tertiary/aromatic N) is 4. The maximum absolute atomic E-state index is 14.0. The Labute approximate surface area is 330 Å². The van der Waals surface area contributed by atoms with E-state index in [1.165, 1.54) is 71.0 Å². The van der Waals surface area contributed by atoms with Crippen LogP contribution in [0.15, 0.2) is 82.9 Å². The molecule has 6 N–H and O–H groups in total. The summed E-state index contributed by atoms with van der Waals surface area (Å²) in [6.45, 7) is -0.273. The molecule has 4 aromatic rings. The zero-order valence-corrected chi connectivity index (χ0v) is 31.5. The third kappa shape index (κ3) is 8.08. The number of rotatable bonds is 9. The second-order valence-corrected chi connectivity index (χ2v) is 16.2. The van der Waals surface area contributed by atoms with Gasteiger partial charge in [0.2, 0.25) is 20.0 Å². The maximum atomic E-state index is 14.0. The molecule has 0 aliphatic carbocycles. The molecule has 58 heavy (non-hydrogen) atoms. The highest BCUT2D eigenvalue weighted by Crippen LogP contribution is 2.30. The molecular formula is C38H30F2N8O8S2. The van der Waals surface area contributed by atoms with E-state index in [1.807, 2.05) is 5.92 Å². The summed E-state index contributed by atoms with van der Waals surface area (Å²) in [4.78, 5) is 26.4. The molecule has 296 valence electrons. The number of benzene rings is 2. The molecule has 6 rings (SSSR count). The van der Waals surface area contributed by atoms with Crippen LogP contribution < -0.4 is 20.1 Å². The number of hydrogen-bond donors (Lipinski definition) is 6. The number of halogens is 2. The number of aromatic nitrogens is 2. The van der Waals surface area contributed by atoms with Gasteiger partial charge in [0.05, 0.1) is 29.3 Å². The largest absolute Gasteiger partial charge is 0.387 e. The van der Waals surface area contributed by atoms with Crippen molar-refractivity contribution in [2.24, 2.45) is 7.05 Å². The van der Waals surface area contributed by atoms with Gasteiger partial charge in [0.25, 0.3) is 11.8 Å². The summed E-state index contributed by atoms with van der Waals surface area (Å²) in [7, 11) is -7.36. The number of fused-ring (bicyclic) bond motifs is 2. The van der Waals surface area contributed by atoms with Crippen molar-refractivity contribution in [3.63, 3.8) is 0 Å². The first-order valence-corrected chi connectivity index (χ1v) is 19.8. The molecule has 2 unspecified atom stereocenters. The number of hydrogen-bond acceptors (Lipinski definition) is 10. The molecule has 20 heteroatoms. The normalized spacial score (nSPS) is 18.7. The van der Waals surface area contributed by atoms with Crippen molar-refractivity contribution in [2.45, 2.75) is 40.6 Å². The predicted octanol–water partition coefficient (Wildman–Crippen LogP) is 2.31. The van der Waals surface area contributed by atoms with Crippen LogP contribution in [0.1, 0.15) is 43.2 Å². The lowest BCUT2D eigenvalue weighted by Crippen LogP contribution is -2.40. The first-order chi connectivity index (χ1) is 27.5. The number of nitriles is 2. The topological polar surface area (TPSA) is 248 Å². The second kappa shape index (κ2) is 16.0. The van der Waals surface area contributed by atoms with Gasteiger partial charge in [-0.2, -0.15) is 10.5 Å². The molecule has 0 saturated heterocycles. The second-order valence-electron chi connectivity index (χ2n) is 12.8. The van der Waals surface area contributed by atoms with Crippen LogP contribution in [-0.4, -0.2) is 72.3 Å². The molecule has 2 amide bonds. The van der Waals surface area contributed by atoms with E-state index < -0.39 is 67.8 Å². The van der Waals surface area contributed by atoms with Crippen LogP contribution in [-0.2, 0) is 33.6 Å². The summed E-state index contributed by atoms with van der Waals surface area (Å²) in [6, 6.07) is 7.35. The summed E-state index contributed by atoms with van der Waals surface area (Å²) in [6.07, 6.45) is 12.2. The zero-order valence-electron chi connectivity index (χ0n) is 29.9. The average Bonchev–Trinajstić information content (AvgIpc) is 3.65. The fraction of sp³-hybridized carbons (Fsp3) is 0.158. The Morgan fingerprint density at radius 3 is 1.91 bits per heavy atom. The van der Waals surface area contributed by atoms with Gasteiger partial charge in [-0.1, -0.05) is 42.4 Å². The van der Waals surface area contributed by atoms with E-state index in [1.54, 1.807) is 12.1 Å². The van der Waals surface area contributed by atoms with E-state index >= 15 is 0 Å². The number of nitrogens with one attached hydrogen (secondary N) is 4. The Bertz CT molecular complexity index is 2830. The molecule has 0 radical (unpaired) electrons. The molecule has 4 heterocycles. The SMILES string of the molecule is C#CC(O)[C@@H]1C=Cc2c(cn(C/C=C/C(O)[C@@H]3C=Cc4c(cn(C)c4C(=O)Nc4ccc(F)c(C#N)c4)S(=O)(=O)N3)c2C(=O)Nc2ccc(F)c(C#N)c2)S(=O)(=O)N1. The van der Waals surface area contributed by atoms with Gasteiger partial charge in [0, 0.05) is 48.5 Å². The molecule has 0 fully saturated rings. The van der Waals surface area contributed by atoms with Crippen LogP contribution in [0.2, 0.25) is 0 Å². The lowest BCUT2D eigenvalue weighted by atomic mass is 10.1. The van der Waals surface area contributed by atoms with Crippen molar-refractivity contribution in [1.82, 2.24) is 18.6 Å². The van der Waals surface area contributed by atoms with Crippen LogP contribution in [0, 0.1) is 46.6 Å². The van der Waals surface area contributed by atoms with Gasteiger partial charge < -0.3 is 30.0 Å². The highest BCUT2D eigenvalue weighted by molar-refractivity contribution is 7.90. The van der Waals surface area contributed by atoms with Crippen molar-refractivity contribution in [3.05, 3.63) is 118 Å². The number of aliphatic hydroxyl groups is 2. The number of aliphatic hydroxyl groups excluding tert-OH is 2. The van der Waals surface area contributed by atoms with Crippen LogP contribution in [0.5, 0.6) is 0 Å². The van der Waals surface area contributed by atoms with Gasteiger partial charge in [0.1, 0.15) is 51.1 Å². The Morgan fingerprint density at radius 2 is 1.36 bits per heavy atom. The van der Waals surface area contributed by atoms with E-state index in [4.69, 9.17) is 11.7 Å². The molecule has 2 aromatic heterocycles. The average molecular weight is 829 g/mol. The third-order valence-corrected chi connectivity index (χ3v) is 12.0. The highest BCUT2D eigenvalue weighted by Gasteiger charge is 2.34. The fourth-order valence-corrected chi connectivity index (χ4v) is 9.07. The fourth-order valence-electron chi connectivity index (χ4n) is 6.21. The van der Waals surface area contributed by atoms with Crippen molar-refractivity contribution in [3.8, 4) is 24.5 Å². The van der Waals surface area contributed by atoms with Crippen LogP contribution in [0.3, 0.4) is 0 Å². The first-order valence-electron chi connectivity index (χ1n) is 16.8. The molecular weight excluding hydrogens is 799 g/mol. The van der Waals surface area contributed by atoms with Gasteiger partial charge in [-0.25, -0.2) is 35.1 Å². The Kier molecular flexibility index (Phi) is 11.3. The third-order valence-electron chi connectivity index (χ3n) is 9.00. The number of carbonyl (C=O) groups is 2. The smallest absolute Gasteiger partial charge is 0.272 e. The Hall–Kier alpha value is -6.70. The summed E-state index contributed by atoms with van der Waals surface area (Å²) in [5, 5.41) is 44.7. The van der Waals surface area contributed by atoms with Gasteiger partial charge >= 0.3 is 0 Å². The number of anilines is 2. The van der Waals surface area contributed by atoms with E-state index in [-0.39, 0.29) is 61.4 Å². The minimum Gasteiger partial charge on any atom is -0.387 e. The minimum absolute atomic E-state index is 0.00693. The van der Waals surface area contributed by atoms with Crippen LogP contribution in [0.4, 0.5) is 20.2 Å². The van der Waals surface area contributed by atoms with E-state index in [9.17, 15) is 50.7 Å². The summed E-state index contributed by atoms with van der Waals surface area (Å²) >= 11 is 0. The zero-order chi connectivity index (χ0) is 42.1. The Morgan fingerprint density at radius 1 is 0.862 bits per heavy atom. The number of carbonyl (C=O) groups excluding carboxylic acids is 2. The van der Waals surface area contributed by atoms with Gasteiger partial charge in [0.15, 0.2) is 0 Å². The Balaban J connectivity index is 1.29. The standard InChI is InChI=1S/C38H30F2N8O8S2/c1-3-31(49)29-12-9-26-34(58(55,56)45-29)20-48(36(26)38(52)44-24-7-11-28(40)22(16-24)18-42)14-4-5-32(50)30-13-8-25-33(57(53,54)46-30)19-47(2)35(25)37(51)43-23-6-10-27(39)21(15-23)17-41/h1,4-13,15-16,19-20,29-32,45-46,49-50H,14H2,2H3,(H,43,51)(H,44,52)/b5-4+/t29-,30-,31?,32?/m0/s1. The van der Waals surface area contributed by atoms with Crippen molar-refractivity contribution < 1.29 is 45.4 Å². The first kappa shape index (κ1) is 40.9. The number of aryl methyl sites for hydroxylation is 1. The van der Waals surface area contributed by atoms with Gasteiger partial charge in [-0.05, 0) is 36.4 Å². The van der Waals surface area contributed by atoms with Crippen LogP contribution in [0.25, 0.3) is 12.2 Å². The molecule has 16 nitrogen and oxygen atoms in total.